The Morgan fingerprint density at radius 1 is 1.06 bits per heavy atom. The number of ether oxygens (including phenoxy) is 4. The van der Waals surface area contributed by atoms with Gasteiger partial charge in [0.25, 0.3) is 11.8 Å². The second kappa shape index (κ2) is 9.13. The van der Waals surface area contributed by atoms with E-state index in [2.05, 4.69) is 5.32 Å². The third kappa shape index (κ3) is 4.22. The number of rotatable bonds is 6. The van der Waals surface area contributed by atoms with E-state index in [9.17, 15) is 14.4 Å². The highest BCUT2D eigenvalue weighted by molar-refractivity contribution is 7.17. The summed E-state index contributed by atoms with van der Waals surface area (Å²) in [4.78, 5) is 39.3. The number of fused-ring (bicyclic) bond motifs is 1. The van der Waals surface area contributed by atoms with Crippen molar-refractivity contribution >= 4 is 34.2 Å². The van der Waals surface area contributed by atoms with E-state index in [1.165, 1.54) is 56.8 Å². The number of carbonyl (C=O) groups excluding carboxylic acids is 3. The Kier molecular flexibility index (Phi) is 6.54. The van der Waals surface area contributed by atoms with Gasteiger partial charge in [-0.3, -0.25) is 9.59 Å². The molecule has 1 aromatic carbocycles. The topological polar surface area (TPSA) is 129 Å². The first kappa shape index (κ1) is 22.2. The number of methoxy groups -OCH3 is 4. The zero-order valence-corrected chi connectivity index (χ0v) is 18.4. The van der Waals surface area contributed by atoms with Crippen LogP contribution in [-0.4, -0.2) is 57.8 Å². The van der Waals surface area contributed by atoms with E-state index in [-0.39, 0.29) is 17.7 Å². The highest BCUT2D eigenvalue weighted by Crippen LogP contribution is 2.40. The molecule has 31 heavy (non-hydrogen) atoms. The van der Waals surface area contributed by atoms with E-state index in [1.54, 1.807) is 0 Å². The lowest BCUT2D eigenvalue weighted by Gasteiger charge is -2.25. The van der Waals surface area contributed by atoms with Crippen LogP contribution in [0.3, 0.4) is 0 Å². The zero-order valence-electron chi connectivity index (χ0n) is 17.6. The van der Waals surface area contributed by atoms with Crippen LogP contribution in [0.15, 0.2) is 12.1 Å². The van der Waals surface area contributed by atoms with Crippen molar-refractivity contribution in [2.24, 2.45) is 5.73 Å². The second-order valence-corrected chi connectivity index (χ2v) is 7.69. The molecule has 166 valence electrons. The van der Waals surface area contributed by atoms with Crippen LogP contribution in [0.2, 0.25) is 0 Å². The SMILES string of the molecule is COC(=O)N1CCc2c(sc(NC(=O)c3cc(OC)c(OC)c(OC)c3)c2C(N)=O)C1. The Hall–Kier alpha value is -3.47. The number of nitrogens with one attached hydrogen (secondary N) is 1. The Labute approximate surface area is 182 Å². The minimum atomic E-state index is -0.649. The maximum Gasteiger partial charge on any atom is 0.409 e. The number of carbonyl (C=O) groups is 3. The lowest BCUT2D eigenvalue weighted by molar-refractivity contribution is 0.0999. The number of benzene rings is 1. The predicted octanol–water partition coefficient (Wildman–Crippen LogP) is 2.25. The Balaban J connectivity index is 1.95. The minimum absolute atomic E-state index is 0.243. The number of primary amides is 1. The average molecular weight is 449 g/mol. The molecule has 0 radical (unpaired) electrons. The molecule has 11 heteroatoms. The fourth-order valence-electron chi connectivity index (χ4n) is 3.42. The van der Waals surface area contributed by atoms with Crippen LogP contribution >= 0.6 is 11.3 Å². The first-order valence-electron chi connectivity index (χ1n) is 9.23. The number of hydrogen-bond donors (Lipinski definition) is 2. The molecule has 0 fully saturated rings. The van der Waals surface area contributed by atoms with E-state index < -0.39 is 17.9 Å². The molecule has 0 spiro atoms. The van der Waals surface area contributed by atoms with Crippen LogP contribution in [0, 0.1) is 0 Å². The molecule has 1 aliphatic rings. The van der Waals surface area contributed by atoms with Crippen molar-refractivity contribution in [1.82, 2.24) is 4.90 Å². The van der Waals surface area contributed by atoms with Gasteiger partial charge in [0.2, 0.25) is 5.75 Å². The molecule has 1 aromatic heterocycles. The van der Waals surface area contributed by atoms with Crippen LogP contribution in [0.4, 0.5) is 9.80 Å². The second-order valence-electron chi connectivity index (χ2n) is 6.58. The summed E-state index contributed by atoms with van der Waals surface area (Å²) in [6.07, 6.45) is -0.0260. The van der Waals surface area contributed by atoms with Gasteiger partial charge in [-0.1, -0.05) is 0 Å². The van der Waals surface area contributed by atoms with Gasteiger partial charge in [-0.15, -0.1) is 11.3 Å². The van der Waals surface area contributed by atoms with Gasteiger partial charge in [-0.2, -0.15) is 0 Å². The number of anilines is 1. The largest absolute Gasteiger partial charge is 0.493 e. The van der Waals surface area contributed by atoms with Crippen LogP contribution in [0.1, 0.15) is 31.2 Å². The molecule has 0 aliphatic carbocycles. The number of nitrogens with zero attached hydrogens (tertiary/aromatic N) is 1. The molecule has 0 bridgehead atoms. The number of amides is 3. The molecule has 3 N–H and O–H groups in total. The molecular formula is C20H23N3O7S. The van der Waals surface area contributed by atoms with E-state index in [4.69, 9.17) is 24.7 Å². The summed E-state index contributed by atoms with van der Waals surface area (Å²) in [5, 5.41) is 3.08. The first-order valence-corrected chi connectivity index (χ1v) is 10.0. The van der Waals surface area contributed by atoms with E-state index in [0.717, 1.165) is 10.4 Å². The van der Waals surface area contributed by atoms with Gasteiger partial charge in [0.05, 0.1) is 40.5 Å². The van der Waals surface area contributed by atoms with Gasteiger partial charge in [-0.25, -0.2) is 4.79 Å². The molecule has 3 amide bonds. The van der Waals surface area contributed by atoms with Crippen LogP contribution < -0.4 is 25.3 Å². The number of thiophene rings is 1. The highest BCUT2D eigenvalue weighted by atomic mass is 32.1. The number of nitrogens with two attached hydrogens (primary N) is 1. The van der Waals surface area contributed by atoms with Crippen molar-refractivity contribution in [3.8, 4) is 17.2 Å². The summed E-state index contributed by atoms with van der Waals surface area (Å²) >= 11 is 1.20. The quantitative estimate of drug-likeness (QED) is 0.692. The molecule has 3 rings (SSSR count). The smallest absolute Gasteiger partial charge is 0.409 e. The summed E-state index contributed by atoms with van der Waals surface area (Å²) in [6.45, 7) is 0.657. The maximum atomic E-state index is 13.0. The van der Waals surface area contributed by atoms with Crippen molar-refractivity contribution < 1.29 is 33.3 Å². The molecule has 2 heterocycles. The Bertz CT molecular complexity index is 1010. The third-order valence-electron chi connectivity index (χ3n) is 4.89. The van der Waals surface area contributed by atoms with Gasteiger partial charge in [-0.05, 0) is 24.1 Å². The normalized spacial score (nSPS) is 12.6. The molecule has 1 aliphatic heterocycles. The third-order valence-corrected chi connectivity index (χ3v) is 6.02. The fourth-order valence-corrected chi connectivity index (χ4v) is 4.69. The maximum absolute atomic E-state index is 13.0. The fraction of sp³-hybridized carbons (Fsp3) is 0.350. The summed E-state index contributed by atoms with van der Waals surface area (Å²) < 4.78 is 20.6. The van der Waals surface area contributed by atoms with Crippen LogP contribution in [0.5, 0.6) is 17.2 Å². The molecule has 0 saturated carbocycles. The standard InChI is InChI=1S/C20H23N3O7S/c1-27-12-7-10(8-13(28-2)16(12)29-3)18(25)22-19-15(17(21)24)11-5-6-23(20(26)30-4)9-14(11)31-19/h7-8H,5-6,9H2,1-4H3,(H2,21,24)(H,22,25). The number of hydrogen-bond acceptors (Lipinski definition) is 8. The van der Waals surface area contributed by atoms with Crippen LogP contribution in [-0.2, 0) is 17.7 Å². The summed E-state index contributed by atoms with van der Waals surface area (Å²) in [7, 11) is 5.67. The molecular weight excluding hydrogens is 426 g/mol. The first-order chi connectivity index (χ1) is 14.8. The summed E-state index contributed by atoms with van der Waals surface area (Å²) in [5.41, 5.74) is 6.83. The van der Waals surface area contributed by atoms with Gasteiger partial charge < -0.3 is 34.9 Å². The van der Waals surface area contributed by atoms with E-state index in [1.807, 2.05) is 0 Å². The Morgan fingerprint density at radius 3 is 2.23 bits per heavy atom. The Morgan fingerprint density at radius 2 is 1.71 bits per heavy atom. The molecule has 0 saturated heterocycles. The highest BCUT2D eigenvalue weighted by Gasteiger charge is 2.30. The lowest BCUT2D eigenvalue weighted by atomic mass is 10.0. The lowest BCUT2D eigenvalue weighted by Crippen LogP contribution is -2.35. The van der Waals surface area contributed by atoms with Crippen LogP contribution in [0.25, 0.3) is 0 Å². The molecule has 2 aromatic rings. The minimum Gasteiger partial charge on any atom is -0.493 e. The summed E-state index contributed by atoms with van der Waals surface area (Å²) in [6, 6.07) is 3.01. The van der Waals surface area contributed by atoms with E-state index in [0.29, 0.717) is 35.2 Å². The van der Waals surface area contributed by atoms with Crippen molar-refractivity contribution in [3.63, 3.8) is 0 Å². The van der Waals surface area contributed by atoms with E-state index >= 15 is 0 Å². The zero-order chi connectivity index (χ0) is 22.7. The van der Waals surface area contributed by atoms with Gasteiger partial charge in [0, 0.05) is 17.0 Å². The van der Waals surface area contributed by atoms with Gasteiger partial charge >= 0.3 is 6.09 Å². The summed E-state index contributed by atoms with van der Waals surface area (Å²) in [5.74, 6) is -0.133. The monoisotopic (exact) mass is 449 g/mol. The van der Waals surface area contributed by atoms with Crippen molar-refractivity contribution in [2.75, 3.05) is 40.3 Å². The predicted molar refractivity (Wildman–Crippen MR) is 113 cm³/mol. The molecule has 0 unspecified atom stereocenters. The van der Waals surface area contributed by atoms with Crippen molar-refractivity contribution in [1.29, 1.82) is 0 Å². The average Bonchev–Trinajstić information content (AvgIpc) is 3.14. The molecule has 10 nitrogen and oxygen atoms in total. The van der Waals surface area contributed by atoms with Gasteiger partial charge in [0.1, 0.15) is 5.00 Å². The molecule has 0 atom stereocenters. The van der Waals surface area contributed by atoms with Gasteiger partial charge in [0.15, 0.2) is 11.5 Å². The van der Waals surface area contributed by atoms with Crippen molar-refractivity contribution in [3.05, 3.63) is 33.7 Å². The van der Waals surface area contributed by atoms with Crippen molar-refractivity contribution in [2.45, 2.75) is 13.0 Å².